The molecule has 2 aromatic rings. The molecule has 0 fully saturated rings. The van der Waals surface area contributed by atoms with Crippen molar-refractivity contribution in [1.82, 2.24) is 0 Å². The molecule has 0 saturated carbocycles. The first-order valence-corrected chi connectivity index (χ1v) is 12.4. The van der Waals surface area contributed by atoms with Crippen molar-refractivity contribution in [2.24, 2.45) is 0 Å². The van der Waals surface area contributed by atoms with Crippen LogP contribution in [-0.2, 0) is 6.42 Å². The summed E-state index contributed by atoms with van der Waals surface area (Å²) < 4.78 is 6.81. The molecule has 2 nitrogen and oxygen atoms in total. The van der Waals surface area contributed by atoms with E-state index >= 15 is 0 Å². The minimum absolute atomic E-state index is 0.0455. The lowest BCUT2D eigenvalue weighted by Crippen LogP contribution is -2.50. The van der Waals surface area contributed by atoms with Crippen LogP contribution in [-0.4, -0.2) is 14.1 Å². The fourth-order valence-corrected chi connectivity index (χ4v) is 9.72. The number of ketones is 1. The summed E-state index contributed by atoms with van der Waals surface area (Å²) in [7, 11) is -2.03. The van der Waals surface area contributed by atoms with Gasteiger partial charge >= 0.3 is 0 Å². The van der Waals surface area contributed by atoms with E-state index in [9.17, 15) is 4.79 Å². The fourth-order valence-electron chi connectivity index (χ4n) is 4.48. The van der Waals surface area contributed by atoms with E-state index in [1.165, 1.54) is 0 Å². The number of hydrogen-bond acceptors (Lipinski definition) is 2. The molecule has 0 bridgehead atoms. The van der Waals surface area contributed by atoms with Gasteiger partial charge in [0.1, 0.15) is 5.75 Å². The van der Waals surface area contributed by atoms with Gasteiger partial charge in [0, 0.05) is 11.1 Å². The first-order chi connectivity index (χ1) is 13.2. The average Bonchev–Trinajstić information content (AvgIpc) is 2.66. The second kappa shape index (κ2) is 9.38. The summed E-state index contributed by atoms with van der Waals surface area (Å²) in [6.07, 6.45) is 2.49. The second-order valence-electron chi connectivity index (χ2n) is 8.43. The van der Waals surface area contributed by atoms with Crippen LogP contribution >= 0.6 is 0 Å². The predicted octanol–water partition coefficient (Wildman–Crippen LogP) is 7.20. The molecule has 0 aliphatic rings. The lowest BCUT2D eigenvalue weighted by molar-refractivity contribution is 0.103. The molecule has 0 saturated heterocycles. The van der Waals surface area contributed by atoms with Gasteiger partial charge in [-0.3, -0.25) is 4.79 Å². The van der Waals surface area contributed by atoms with Crippen LogP contribution in [0.3, 0.4) is 0 Å². The molecule has 0 atom stereocenters. The minimum atomic E-state index is -2.03. The highest BCUT2D eigenvalue weighted by Crippen LogP contribution is 2.43. The molecule has 0 unspecified atom stereocenters. The Balaban J connectivity index is 2.46. The third kappa shape index (κ3) is 4.47. The zero-order chi connectivity index (χ0) is 20.9. The number of carbonyl (C=O) groups is 1. The van der Waals surface area contributed by atoms with E-state index in [2.05, 4.69) is 48.1 Å². The van der Waals surface area contributed by atoms with Gasteiger partial charge in [-0.15, -0.1) is 6.58 Å². The standard InChI is InChI=1S/C25H34O2Si/c1-8-12-22-17-23(27-28(18(2)3,19(4)5)20(6)7)15-16-24(22)25(26)21-13-10-9-11-14-21/h8-11,13-20H,1,12H2,2-7H3. The van der Waals surface area contributed by atoms with Crippen LogP contribution in [0.2, 0.25) is 16.6 Å². The molecule has 0 aromatic heterocycles. The molecule has 0 heterocycles. The van der Waals surface area contributed by atoms with Crippen LogP contribution < -0.4 is 4.43 Å². The van der Waals surface area contributed by atoms with Gasteiger partial charge in [0.25, 0.3) is 8.32 Å². The van der Waals surface area contributed by atoms with E-state index in [1.54, 1.807) is 0 Å². The van der Waals surface area contributed by atoms with Gasteiger partial charge in [0.15, 0.2) is 5.78 Å². The van der Waals surface area contributed by atoms with Crippen LogP contribution in [0.4, 0.5) is 0 Å². The Labute approximate surface area is 171 Å². The normalized spacial score (nSPS) is 11.9. The molecule has 0 radical (unpaired) electrons. The van der Waals surface area contributed by atoms with Gasteiger partial charge in [0.05, 0.1) is 0 Å². The number of hydrogen-bond donors (Lipinski definition) is 0. The van der Waals surface area contributed by atoms with Crippen molar-refractivity contribution in [2.45, 2.75) is 64.6 Å². The van der Waals surface area contributed by atoms with Gasteiger partial charge in [-0.2, -0.15) is 0 Å². The molecule has 150 valence electrons. The number of rotatable bonds is 9. The van der Waals surface area contributed by atoms with Gasteiger partial charge in [-0.25, -0.2) is 0 Å². The third-order valence-electron chi connectivity index (χ3n) is 5.72. The summed E-state index contributed by atoms with van der Waals surface area (Å²) in [5.74, 6) is 0.924. The van der Waals surface area contributed by atoms with Crippen LogP contribution in [0.15, 0.2) is 61.2 Å². The molecule has 2 aromatic carbocycles. The lowest BCUT2D eigenvalue weighted by Gasteiger charge is -2.42. The van der Waals surface area contributed by atoms with Crippen molar-refractivity contribution < 1.29 is 9.22 Å². The van der Waals surface area contributed by atoms with Crippen LogP contribution in [0.1, 0.15) is 63.0 Å². The summed E-state index contributed by atoms with van der Waals surface area (Å²) in [6, 6.07) is 15.4. The van der Waals surface area contributed by atoms with E-state index in [-0.39, 0.29) is 5.78 Å². The average molecular weight is 395 g/mol. The van der Waals surface area contributed by atoms with Gasteiger partial charge in [-0.1, -0.05) is 78.0 Å². The highest BCUT2D eigenvalue weighted by atomic mass is 28.4. The van der Waals surface area contributed by atoms with E-state index < -0.39 is 8.32 Å². The number of benzene rings is 2. The minimum Gasteiger partial charge on any atom is -0.543 e. The Morgan fingerprint density at radius 2 is 1.54 bits per heavy atom. The molecule has 0 N–H and O–H groups in total. The lowest BCUT2D eigenvalue weighted by atomic mass is 9.96. The third-order valence-corrected chi connectivity index (χ3v) is 11.7. The summed E-state index contributed by atoms with van der Waals surface area (Å²) in [6.45, 7) is 17.6. The molecule has 2 rings (SSSR count). The molecule has 28 heavy (non-hydrogen) atoms. The van der Waals surface area contributed by atoms with E-state index in [0.29, 0.717) is 28.6 Å². The van der Waals surface area contributed by atoms with E-state index in [0.717, 1.165) is 16.9 Å². The molecular weight excluding hydrogens is 360 g/mol. The van der Waals surface area contributed by atoms with Gasteiger partial charge < -0.3 is 4.43 Å². The monoisotopic (exact) mass is 394 g/mol. The zero-order valence-electron chi connectivity index (χ0n) is 18.2. The maximum Gasteiger partial charge on any atom is 0.258 e. The first-order valence-electron chi connectivity index (χ1n) is 10.3. The number of carbonyl (C=O) groups excluding carboxylic acids is 1. The smallest absolute Gasteiger partial charge is 0.258 e. The summed E-state index contributed by atoms with van der Waals surface area (Å²) in [5.41, 5.74) is 3.91. The van der Waals surface area contributed by atoms with E-state index in [1.807, 2.05) is 54.6 Å². The Morgan fingerprint density at radius 3 is 2.04 bits per heavy atom. The molecule has 3 heteroatoms. The number of allylic oxidation sites excluding steroid dienone is 1. The topological polar surface area (TPSA) is 26.3 Å². The molecular formula is C25H34O2Si. The largest absolute Gasteiger partial charge is 0.543 e. The quantitative estimate of drug-likeness (QED) is 0.255. The van der Waals surface area contributed by atoms with Crippen LogP contribution in [0.5, 0.6) is 5.75 Å². The van der Waals surface area contributed by atoms with Crippen molar-refractivity contribution in [2.75, 3.05) is 0 Å². The summed E-state index contributed by atoms with van der Waals surface area (Å²) in [5, 5.41) is 0. The van der Waals surface area contributed by atoms with Crippen molar-refractivity contribution in [3.05, 3.63) is 77.9 Å². The Bertz CT molecular complexity index is 785. The molecule has 0 spiro atoms. The predicted molar refractivity (Wildman–Crippen MR) is 122 cm³/mol. The van der Waals surface area contributed by atoms with Crippen LogP contribution in [0.25, 0.3) is 0 Å². The zero-order valence-corrected chi connectivity index (χ0v) is 19.2. The first kappa shape index (κ1) is 22.2. The van der Waals surface area contributed by atoms with Crippen molar-refractivity contribution in [3.63, 3.8) is 0 Å². The van der Waals surface area contributed by atoms with Crippen molar-refractivity contribution in [1.29, 1.82) is 0 Å². The van der Waals surface area contributed by atoms with Crippen molar-refractivity contribution in [3.8, 4) is 5.75 Å². The highest BCUT2D eigenvalue weighted by molar-refractivity contribution is 6.78. The maximum atomic E-state index is 13.0. The SMILES string of the molecule is C=CCc1cc(O[Si](C(C)C)(C(C)C)C(C)C)ccc1C(=O)c1ccccc1. The fraction of sp³-hybridized carbons (Fsp3) is 0.400. The maximum absolute atomic E-state index is 13.0. The summed E-state index contributed by atoms with van der Waals surface area (Å²) >= 11 is 0. The molecule has 0 amide bonds. The summed E-state index contributed by atoms with van der Waals surface area (Å²) in [4.78, 5) is 13.0. The second-order valence-corrected chi connectivity index (χ2v) is 13.8. The molecule has 0 aliphatic carbocycles. The Kier molecular flexibility index (Phi) is 7.42. The van der Waals surface area contributed by atoms with Crippen molar-refractivity contribution >= 4 is 14.1 Å². The van der Waals surface area contributed by atoms with Crippen LogP contribution in [0, 0.1) is 0 Å². The highest BCUT2D eigenvalue weighted by Gasteiger charge is 2.47. The Hall–Kier alpha value is -2.13. The Morgan fingerprint density at radius 1 is 0.964 bits per heavy atom. The van der Waals surface area contributed by atoms with E-state index in [4.69, 9.17) is 4.43 Å². The van der Waals surface area contributed by atoms with Gasteiger partial charge in [0.2, 0.25) is 0 Å². The van der Waals surface area contributed by atoms with Gasteiger partial charge in [-0.05, 0) is 46.8 Å². The molecule has 0 aliphatic heterocycles.